The van der Waals surface area contributed by atoms with Crippen molar-refractivity contribution in [2.45, 2.75) is 51.5 Å². The normalized spacial score (nSPS) is 20.1. The molecule has 0 bridgehead atoms. The SMILES string of the molecule is CCCCN(C(=O)CN1C[C@H](c2ccc3c(c2)OCO3)C(C(=O)O)[C@@H]1CCc1ncc(C)o1)c1ccc[n+](C)c1. The van der Waals surface area contributed by atoms with Gasteiger partial charge in [-0.05, 0) is 43.5 Å². The van der Waals surface area contributed by atoms with E-state index >= 15 is 0 Å². The Morgan fingerprint density at radius 1 is 1.23 bits per heavy atom. The van der Waals surface area contributed by atoms with Gasteiger partial charge in [0, 0.05) is 37.5 Å². The lowest BCUT2D eigenvalue weighted by atomic mass is 9.83. The Balaban J connectivity index is 1.44. The molecule has 4 heterocycles. The third kappa shape index (κ3) is 5.96. The van der Waals surface area contributed by atoms with Crippen LogP contribution in [0.5, 0.6) is 11.5 Å². The van der Waals surface area contributed by atoms with Gasteiger partial charge in [0.1, 0.15) is 18.5 Å². The Kier molecular flexibility index (Phi) is 8.35. The van der Waals surface area contributed by atoms with E-state index in [1.165, 1.54) is 0 Å². The van der Waals surface area contributed by atoms with E-state index in [0.29, 0.717) is 49.1 Å². The lowest BCUT2D eigenvalue weighted by Gasteiger charge is -2.29. The molecule has 2 aromatic heterocycles. The van der Waals surface area contributed by atoms with Crippen molar-refractivity contribution >= 4 is 17.6 Å². The van der Waals surface area contributed by atoms with Crippen LogP contribution in [0.15, 0.2) is 53.3 Å². The van der Waals surface area contributed by atoms with Crippen molar-refractivity contribution < 1.29 is 33.2 Å². The average Bonchev–Trinajstić information content (AvgIpc) is 3.65. The first-order valence-electron chi connectivity index (χ1n) is 13.9. The van der Waals surface area contributed by atoms with Crippen molar-refractivity contribution in [2.24, 2.45) is 13.0 Å². The summed E-state index contributed by atoms with van der Waals surface area (Å²) in [7, 11) is 1.93. The predicted octanol–water partition coefficient (Wildman–Crippen LogP) is 3.47. The molecule has 1 saturated heterocycles. The molecule has 0 spiro atoms. The largest absolute Gasteiger partial charge is 0.481 e. The smallest absolute Gasteiger partial charge is 0.308 e. The van der Waals surface area contributed by atoms with E-state index in [-0.39, 0.29) is 31.2 Å². The summed E-state index contributed by atoms with van der Waals surface area (Å²) in [5.74, 6) is 0.573. The number of aryl methyl sites for hydroxylation is 3. The standard InChI is InChI=1S/C30H36N4O6/c1-4-5-13-34(22-7-6-12-32(3)16-22)28(35)18-33-17-23(21-8-10-25-26(14-21)39-19-38-25)29(30(36)37)24(33)9-11-27-31-15-20(2)40-27/h6-8,10,12,14-16,23-24,29H,4-5,9,11,13,17-19H2,1-3H3/p+1/t23-,24+,29?/m1/s1. The molecule has 2 aliphatic heterocycles. The van der Waals surface area contributed by atoms with Crippen LogP contribution in [0.2, 0.25) is 0 Å². The minimum atomic E-state index is -0.885. The van der Waals surface area contributed by atoms with Crippen LogP contribution in [0, 0.1) is 12.8 Å². The summed E-state index contributed by atoms with van der Waals surface area (Å²) in [6, 6.07) is 9.09. The number of aliphatic carboxylic acids is 1. The minimum absolute atomic E-state index is 0.0490. The second-order valence-electron chi connectivity index (χ2n) is 10.6. The number of unbranched alkanes of at least 4 members (excludes halogenated alkanes) is 1. The maximum Gasteiger partial charge on any atom is 0.308 e. The lowest BCUT2D eigenvalue weighted by Crippen LogP contribution is -2.45. The maximum atomic E-state index is 13.9. The number of carbonyl (C=O) groups is 2. The van der Waals surface area contributed by atoms with Crippen molar-refractivity contribution in [2.75, 3.05) is 31.3 Å². The lowest BCUT2D eigenvalue weighted by molar-refractivity contribution is -0.670. The molecule has 0 saturated carbocycles. The van der Waals surface area contributed by atoms with Gasteiger partial charge in [0.2, 0.25) is 12.7 Å². The van der Waals surface area contributed by atoms with Gasteiger partial charge in [-0.25, -0.2) is 9.55 Å². The number of hydrogen-bond acceptors (Lipinski definition) is 7. The molecule has 40 heavy (non-hydrogen) atoms. The molecule has 212 valence electrons. The molecule has 5 rings (SSSR count). The highest BCUT2D eigenvalue weighted by atomic mass is 16.7. The van der Waals surface area contributed by atoms with Crippen LogP contribution < -0.4 is 18.9 Å². The molecule has 1 fully saturated rings. The van der Waals surface area contributed by atoms with Crippen molar-refractivity contribution in [3.63, 3.8) is 0 Å². The van der Waals surface area contributed by atoms with E-state index in [1.807, 2.05) is 71.1 Å². The number of likely N-dealkylation sites (tertiary alicyclic amines) is 1. The molecule has 0 radical (unpaired) electrons. The highest BCUT2D eigenvalue weighted by molar-refractivity contribution is 5.94. The number of nitrogens with zero attached hydrogens (tertiary/aromatic N) is 4. The van der Waals surface area contributed by atoms with Gasteiger partial charge < -0.3 is 23.9 Å². The fourth-order valence-electron chi connectivity index (χ4n) is 5.83. The van der Waals surface area contributed by atoms with Gasteiger partial charge in [-0.3, -0.25) is 14.5 Å². The number of amides is 1. The van der Waals surface area contributed by atoms with Crippen LogP contribution in [-0.4, -0.2) is 59.3 Å². The van der Waals surface area contributed by atoms with Gasteiger partial charge in [0.25, 0.3) is 0 Å². The highest BCUT2D eigenvalue weighted by Gasteiger charge is 2.47. The fraction of sp³-hybridized carbons (Fsp3) is 0.467. The first-order valence-corrected chi connectivity index (χ1v) is 13.9. The summed E-state index contributed by atoms with van der Waals surface area (Å²) in [6.07, 6.45) is 8.35. The first kappa shape index (κ1) is 27.6. The summed E-state index contributed by atoms with van der Waals surface area (Å²) in [4.78, 5) is 34.8. The Labute approximate surface area is 234 Å². The summed E-state index contributed by atoms with van der Waals surface area (Å²) in [5.41, 5.74) is 1.69. The van der Waals surface area contributed by atoms with Crippen LogP contribution in [0.1, 0.15) is 49.3 Å². The Morgan fingerprint density at radius 3 is 2.77 bits per heavy atom. The number of pyridine rings is 1. The number of aromatic nitrogens is 2. The molecule has 3 atom stereocenters. The van der Waals surface area contributed by atoms with E-state index in [0.717, 1.165) is 24.1 Å². The van der Waals surface area contributed by atoms with Crippen LogP contribution in [0.3, 0.4) is 0 Å². The number of anilines is 1. The van der Waals surface area contributed by atoms with Crippen LogP contribution in [-0.2, 0) is 23.1 Å². The fourth-order valence-corrected chi connectivity index (χ4v) is 5.83. The Hall–Kier alpha value is -3.92. The van der Waals surface area contributed by atoms with E-state index < -0.39 is 11.9 Å². The van der Waals surface area contributed by atoms with Crippen molar-refractivity contribution in [3.8, 4) is 11.5 Å². The first-order chi connectivity index (χ1) is 19.3. The number of oxazole rings is 1. The summed E-state index contributed by atoms with van der Waals surface area (Å²) in [5, 5.41) is 10.5. The molecule has 3 aromatic rings. The van der Waals surface area contributed by atoms with Gasteiger partial charge in [-0.15, -0.1) is 0 Å². The number of benzene rings is 1. The molecule has 1 N–H and O–H groups in total. The second-order valence-corrected chi connectivity index (χ2v) is 10.6. The highest BCUT2D eigenvalue weighted by Crippen LogP contribution is 2.43. The van der Waals surface area contributed by atoms with E-state index in [2.05, 4.69) is 11.9 Å². The van der Waals surface area contributed by atoms with E-state index in [4.69, 9.17) is 13.9 Å². The Bertz CT molecular complexity index is 1360. The monoisotopic (exact) mass is 549 g/mol. The number of hydrogen-bond donors (Lipinski definition) is 1. The van der Waals surface area contributed by atoms with E-state index in [1.54, 1.807) is 6.20 Å². The number of rotatable bonds is 11. The molecule has 10 nitrogen and oxygen atoms in total. The molecule has 1 unspecified atom stereocenters. The predicted molar refractivity (Wildman–Crippen MR) is 146 cm³/mol. The second kappa shape index (κ2) is 12.1. The zero-order valence-corrected chi connectivity index (χ0v) is 23.3. The minimum Gasteiger partial charge on any atom is -0.481 e. The molecule has 0 aliphatic carbocycles. The number of carboxylic acid groups (broad SMARTS) is 1. The molecule has 1 aromatic carbocycles. The molecule has 2 aliphatic rings. The molecular formula is C30H37N4O6+. The summed E-state index contributed by atoms with van der Waals surface area (Å²) >= 11 is 0. The molecular weight excluding hydrogens is 512 g/mol. The van der Waals surface area contributed by atoms with Crippen molar-refractivity contribution in [1.29, 1.82) is 0 Å². The number of ether oxygens (including phenoxy) is 2. The number of carboxylic acids is 1. The van der Waals surface area contributed by atoms with Crippen LogP contribution in [0.4, 0.5) is 5.69 Å². The van der Waals surface area contributed by atoms with Crippen LogP contribution >= 0.6 is 0 Å². The van der Waals surface area contributed by atoms with Crippen molar-refractivity contribution in [3.05, 3.63) is 66.1 Å². The average molecular weight is 550 g/mol. The summed E-state index contributed by atoms with van der Waals surface area (Å²) < 4.78 is 18.7. The number of fused-ring (bicyclic) bond motifs is 1. The van der Waals surface area contributed by atoms with E-state index in [9.17, 15) is 14.7 Å². The van der Waals surface area contributed by atoms with Gasteiger partial charge in [-0.2, -0.15) is 0 Å². The Morgan fingerprint density at radius 2 is 2.05 bits per heavy atom. The topological polar surface area (TPSA) is 109 Å². The van der Waals surface area contributed by atoms with Gasteiger partial charge in [0.05, 0.1) is 18.7 Å². The van der Waals surface area contributed by atoms with Gasteiger partial charge in [-0.1, -0.05) is 19.4 Å². The third-order valence-electron chi connectivity index (χ3n) is 7.79. The number of carbonyl (C=O) groups excluding carboxylic acids is 1. The zero-order valence-electron chi connectivity index (χ0n) is 23.3. The maximum absolute atomic E-state index is 13.9. The zero-order chi connectivity index (χ0) is 28.2. The third-order valence-corrected chi connectivity index (χ3v) is 7.79. The van der Waals surface area contributed by atoms with Crippen LogP contribution in [0.25, 0.3) is 0 Å². The van der Waals surface area contributed by atoms with Gasteiger partial charge >= 0.3 is 5.97 Å². The summed E-state index contributed by atoms with van der Waals surface area (Å²) in [6.45, 7) is 5.23. The molecule has 10 heteroatoms. The molecule has 1 amide bonds. The van der Waals surface area contributed by atoms with Crippen molar-refractivity contribution in [1.82, 2.24) is 9.88 Å². The quantitative estimate of drug-likeness (QED) is 0.362. The van der Waals surface area contributed by atoms with Gasteiger partial charge in [0.15, 0.2) is 29.8 Å².